The lowest BCUT2D eigenvalue weighted by molar-refractivity contribution is 0.292. The van der Waals surface area contributed by atoms with Gasteiger partial charge in [0.25, 0.3) is 0 Å². The fourth-order valence-corrected chi connectivity index (χ4v) is 4.00. The number of methoxy groups -OCH3 is 1. The maximum Gasteiger partial charge on any atom is 0.196 e. The van der Waals surface area contributed by atoms with Crippen molar-refractivity contribution in [1.29, 1.82) is 0 Å². The van der Waals surface area contributed by atoms with E-state index in [1.165, 1.54) is 0 Å². The molecule has 4 rings (SSSR count). The van der Waals surface area contributed by atoms with Crippen LogP contribution in [0.4, 0.5) is 0 Å². The van der Waals surface area contributed by atoms with Gasteiger partial charge in [0, 0.05) is 23.2 Å². The predicted octanol–water partition coefficient (Wildman–Crippen LogP) is 5.50. The summed E-state index contributed by atoms with van der Waals surface area (Å²) in [5.74, 6) is 2.91. The van der Waals surface area contributed by atoms with Crippen LogP contribution in [0.3, 0.4) is 0 Å². The van der Waals surface area contributed by atoms with Crippen LogP contribution in [-0.4, -0.2) is 26.9 Å². The van der Waals surface area contributed by atoms with E-state index in [9.17, 15) is 0 Å². The summed E-state index contributed by atoms with van der Waals surface area (Å²) >= 11 is 7.98. The van der Waals surface area contributed by atoms with Gasteiger partial charge < -0.3 is 9.47 Å². The van der Waals surface area contributed by atoms with Crippen molar-refractivity contribution in [2.24, 2.45) is 0 Å². The van der Waals surface area contributed by atoms with Crippen molar-refractivity contribution in [3.05, 3.63) is 89.0 Å². The maximum absolute atomic E-state index is 6.40. The second-order valence-electron chi connectivity index (χ2n) is 6.78. The minimum Gasteiger partial charge on any atom is -0.497 e. The molecule has 6 nitrogen and oxygen atoms in total. The molecule has 0 spiro atoms. The Morgan fingerprint density at radius 3 is 2.55 bits per heavy atom. The highest BCUT2D eigenvalue weighted by atomic mass is 35.5. The van der Waals surface area contributed by atoms with Crippen LogP contribution >= 0.6 is 23.4 Å². The second-order valence-corrected chi connectivity index (χ2v) is 8.13. The first-order valence-electron chi connectivity index (χ1n) is 9.63. The van der Waals surface area contributed by atoms with E-state index in [1.807, 2.05) is 72.3 Å². The number of benzene rings is 2. The molecule has 0 amide bonds. The van der Waals surface area contributed by atoms with Crippen molar-refractivity contribution in [3.8, 4) is 17.2 Å². The number of nitrogens with zero attached hydrogens (tertiary/aromatic N) is 4. The van der Waals surface area contributed by atoms with Gasteiger partial charge in [0.2, 0.25) is 0 Å². The number of pyridine rings is 1. The van der Waals surface area contributed by atoms with E-state index >= 15 is 0 Å². The summed E-state index contributed by atoms with van der Waals surface area (Å²) in [6.45, 7) is 2.24. The van der Waals surface area contributed by atoms with Gasteiger partial charge in [0.15, 0.2) is 11.0 Å². The smallest absolute Gasteiger partial charge is 0.196 e. The Morgan fingerprint density at radius 2 is 1.84 bits per heavy atom. The number of aromatic nitrogens is 4. The summed E-state index contributed by atoms with van der Waals surface area (Å²) in [5.41, 5.74) is 3.02. The molecule has 2 aromatic heterocycles. The number of aryl methyl sites for hydroxylation is 1. The van der Waals surface area contributed by atoms with E-state index in [0.717, 1.165) is 39.2 Å². The molecule has 31 heavy (non-hydrogen) atoms. The Morgan fingerprint density at radius 1 is 1.03 bits per heavy atom. The molecule has 0 saturated heterocycles. The lowest BCUT2D eigenvalue weighted by Crippen LogP contribution is -2.07. The van der Waals surface area contributed by atoms with Gasteiger partial charge in [-0.15, -0.1) is 10.2 Å². The van der Waals surface area contributed by atoms with E-state index in [0.29, 0.717) is 10.8 Å². The zero-order valence-electron chi connectivity index (χ0n) is 17.2. The van der Waals surface area contributed by atoms with Gasteiger partial charge in [-0.1, -0.05) is 35.5 Å². The van der Waals surface area contributed by atoms with Crippen molar-refractivity contribution < 1.29 is 9.47 Å². The molecule has 0 radical (unpaired) electrons. The lowest BCUT2D eigenvalue weighted by atomic mass is 10.2. The predicted molar refractivity (Wildman–Crippen MR) is 122 cm³/mol. The normalized spacial score (nSPS) is 10.8. The molecular formula is C23H21ClN4O2S. The van der Waals surface area contributed by atoms with Crippen LogP contribution in [-0.2, 0) is 12.4 Å². The summed E-state index contributed by atoms with van der Waals surface area (Å²) in [4.78, 5) is 4.18. The minimum absolute atomic E-state index is 0.262. The Hall–Kier alpha value is -3.03. The van der Waals surface area contributed by atoms with E-state index in [1.54, 1.807) is 25.1 Å². The quantitative estimate of drug-likeness (QED) is 0.329. The van der Waals surface area contributed by atoms with Crippen LogP contribution < -0.4 is 9.47 Å². The Bertz CT molecular complexity index is 1150. The third kappa shape index (κ3) is 5.18. The third-order valence-corrected chi connectivity index (χ3v) is 6.04. The highest BCUT2D eigenvalue weighted by Crippen LogP contribution is 2.28. The second kappa shape index (κ2) is 9.85. The Kier molecular flexibility index (Phi) is 6.74. The highest BCUT2D eigenvalue weighted by Gasteiger charge is 2.16. The van der Waals surface area contributed by atoms with Gasteiger partial charge in [-0.2, -0.15) is 0 Å². The SMILES string of the molecule is COc1ccc(OCc2nnc(SCc3cccnc3)n2-c2ccc(C)c(Cl)c2)cc1. The van der Waals surface area contributed by atoms with Gasteiger partial charge in [0.1, 0.15) is 18.1 Å². The van der Waals surface area contributed by atoms with Crippen molar-refractivity contribution >= 4 is 23.4 Å². The zero-order valence-corrected chi connectivity index (χ0v) is 18.7. The molecule has 0 aliphatic carbocycles. The number of hydrogen-bond acceptors (Lipinski definition) is 6. The first kappa shape index (κ1) is 21.2. The molecular weight excluding hydrogens is 432 g/mol. The van der Waals surface area contributed by atoms with Crippen molar-refractivity contribution in [3.63, 3.8) is 0 Å². The summed E-state index contributed by atoms with van der Waals surface area (Å²) in [6.07, 6.45) is 3.61. The molecule has 8 heteroatoms. The largest absolute Gasteiger partial charge is 0.497 e. The van der Waals surface area contributed by atoms with Gasteiger partial charge in [-0.3, -0.25) is 9.55 Å². The summed E-state index contributed by atoms with van der Waals surface area (Å²) in [7, 11) is 1.63. The molecule has 0 unspecified atom stereocenters. The van der Waals surface area contributed by atoms with E-state index in [-0.39, 0.29) is 6.61 Å². The van der Waals surface area contributed by atoms with Crippen LogP contribution in [0.1, 0.15) is 17.0 Å². The number of halogens is 1. The monoisotopic (exact) mass is 452 g/mol. The van der Waals surface area contributed by atoms with E-state index in [2.05, 4.69) is 15.2 Å². The molecule has 158 valence electrons. The molecule has 0 fully saturated rings. The number of hydrogen-bond donors (Lipinski definition) is 0. The van der Waals surface area contributed by atoms with Crippen LogP contribution in [0, 0.1) is 6.92 Å². The van der Waals surface area contributed by atoms with Crippen LogP contribution in [0.2, 0.25) is 5.02 Å². The highest BCUT2D eigenvalue weighted by molar-refractivity contribution is 7.98. The van der Waals surface area contributed by atoms with Crippen molar-refractivity contribution in [1.82, 2.24) is 19.7 Å². The standard InChI is InChI=1S/C23H21ClN4O2S/c1-16-5-6-18(12-21(16)24)28-22(14-30-20-9-7-19(29-2)8-10-20)26-27-23(28)31-15-17-4-3-11-25-13-17/h3-13H,14-15H2,1-2H3. The first-order chi connectivity index (χ1) is 15.1. The summed E-state index contributed by atoms with van der Waals surface area (Å²) < 4.78 is 13.1. The van der Waals surface area contributed by atoms with E-state index < -0.39 is 0 Å². The van der Waals surface area contributed by atoms with Crippen molar-refractivity contribution in [2.45, 2.75) is 24.4 Å². The van der Waals surface area contributed by atoms with E-state index in [4.69, 9.17) is 21.1 Å². The van der Waals surface area contributed by atoms with Crippen LogP contribution in [0.25, 0.3) is 5.69 Å². The molecule has 0 saturated carbocycles. The fraction of sp³-hybridized carbons (Fsp3) is 0.174. The molecule has 0 aliphatic rings. The van der Waals surface area contributed by atoms with Crippen LogP contribution in [0.5, 0.6) is 11.5 Å². The maximum atomic E-state index is 6.40. The fourth-order valence-electron chi connectivity index (χ4n) is 2.92. The molecule has 4 aromatic rings. The van der Waals surface area contributed by atoms with Gasteiger partial charge >= 0.3 is 0 Å². The zero-order chi connectivity index (χ0) is 21.6. The Labute approximate surface area is 190 Å². The van der Waals surface area contributed by atoms with Crippen molar-refractivity contribution in [2.75, 3.05) is 7.11 Å². The third-order valence-electron chi connectivity index (χ3n) is 4.63. The molecule has 0 atom stereocenters. The molecule has 2 aromatic carbocycles. The molecule has 0 N–H and O–H groups in total. The number of rotatable bonds is 8. The van der Waals surface area contributed by atoms with Gasteiger partial charge in [0.05, 0.1) is 12.8 Å². The summed E-state index contributed by atoms with van der Waals surface area (Å²) in [6, 6.07) is 17.3. The lowest BCUT2D eigenvalue weighted by Gasteiger charge is -2.12. The average Bonchev–Trinajstić information content (AvgIpc) is 3.22. The number of thioether (sulfide) groups is 1. The first-order valence-corrected chi connectivity index (χ1v) is 11.0. The number of ether oxygens (including phenoxy) is 2. The Balaban J connectivity index is 1.60. The average molecular weight is 453 g/mol. The van der Waals surface area contributed by atoms with Gasteiger partial charge in [-0.25, -0.2) is 0 Å². The summed E-state index contributed by atoms with van der Waals surface area (Å²) in [5, 5.41) is 10.3. The molecule has 2 heterocycles. The van der Waals surface area contributed by atoms with Gasteiger partial charge in [-0.05, 0) is 60.5 Å². The van der Waals surface area contributed by atoms with Crippen LogP contribution in [0.15, 0.2) is 72.1 Å². The molecule has 0 bridgehead atoms. The minimum atomic E-state index is 0.262. The molecule has 0 aliphatic heterocycles. The topological polar surface area (TPSA) is 62.1 Å².